The smallest absolute Gasteiger partial charge is 0.323 e. The lowest BCUT2D eigenvalue weighted by molar-refractivity contribution is 0.0997. The number of primary amides is 1. The highest BCUT2D eigenvalue weighted by Gasteiger charge is 2.13. The Bertz CT molecular complexity index is 980. The van der Waals surface area contributed by atoms with Crippen LogP contribution < -0.4 is 27.8 Å². The lowest BCUT2D eigenvalue weighted by atomic mass is 10.2. The van der Waals surface area contributed by atoms with Gasteiger partial charge in [0, 0.05) is 23.6 Å². The summed E-state index contributed by atoms with van der Waals surface area (Å²) in [6.07, 6.45) is 1.41. The molecule has 0 bridgehead atoms. The number of carbonyl (C=O) groups is 2. The van der Waals surface area contributed by atoms with Gasteiger partial charge in [-0.2, -0.15) is 0 Å². The standard InChI is InChI=1S/C18H19N7O2/c19-9-11-2-1-3-13(8-11)24-18(27)23-12-4-6-14(7-5-12)25-10-22-15(16(25)20)17(21)26/h1-8,10H,9,19-20H2,(H2,21,26)(H2,23,24,27). The lowest BCUT2D eigenvalue weighted by Gasteiger charge is -2.10. The minimum absolute atomic E-state index is 0.0105. The zero-order chi connectivity index (χ0) is 19.4. The van der Waals surface area contributed by atoms with Gasteiger partial charge in [-0.15, -0.1) is 0 Å². The van der Waals surface area contributed by atoms with Gasteiger partial charge in [-0.05, 0) is 42.0 Å². The summed E-state index contributed by atoms with van der Waals surface area (Å²) in [5, 5.41) is 5.48. The summed E-state index contributed by atoms with van der Waals surface area (Å²) in [4.78, 5) is 27.3. The normalized spacial score (nSPS) is 10.4. The van der Waals surface area contributed by atoms with Gasteiger partial charge in [0.15, 0.2) is 5.69 Å². The molecular formula is C18H19N7O2. The molecule has 0 spiro atoms. The molecule has 0 saturated carbocycles. The minimum Gasteiger partial charge on any atom is -0.383 e. The molecule has 9 heteroatoms. The van der Waals surface area contributed by atoms with Crippen LogP contribution in [0.1, 0.15) is 16.1 Å². The Morgan fingerprint density at radius 1 is 1.04 bits per heavy atom. The summed E-state index contributed by atoms with van der Waals surface area (Å²) in [6.45, 7) is 0.396. The molecule has 138 valence electrons. The second kappa shape index (κ2) is 7.58. The number of aromatic nitrogens is 2. The van der Waals surface area contributed by atoms with E-state index < -0.39 is 5.91 Å². The summed E-state index contributed by atoms with van der Waals surface area (Å²) < 4.78 is 1.53. The molecule has 2 aromatic carbocycles. The number of carbonyl (C=O) groups excluding carboxylic acids is 2. The molecular weight excluding hydrogens is 346 g/mol. The lowest BCUT2D eigenvalue weighted by Crippen LogP contribution is -2.19. The maximum atomic E-state index is 12.1. The van der Waals surface area contributed by atoms with Gasteiger partial charge in [0.2, 0.25) is 0 Å². The summed E-state index contributed by atoms with van der Waals surface area (Å²) in [7, 11) is 0. The zero-order valence-electron chi connectivity index (χ0n) is 14.3. The molecule has 0 aliphatic carbocycles. The number of urea groups is 1. The maximum Gasteiger partial charge on any atom is 0.323 e. The van der Waals surface area contributed by atoms with E-state index in [1.807, 2.05) is 12.1 Å². The molecule has 0 radical (unpaired) electrons. The number of rotatable bonds is 5. The number of hydrogen-bond donors (Lipinski definition) is 5. The average Bonchev–Trinajstić information content (AvgIpc) is 3.04. The van der Waals surface area contributed by atoms with E-state index in [4.69, 9.17) is 17.2 Å². The molecule has 0 unspecified atom stereocenters. The van der Waals surface area contributed by atoms with Crippen LogP contribution in [0.4, 0.5) is 22.0 Å². The van der Waals surface area contributed by atoms with Gasteiger partial charge in [-0.25, -0.2) is 9.78 Å². The summed E-state index contributed by atoms with van der Waals surface area (Å²) in [6, 6.07) is 13.8. The Balaban J connectivity index is 1.68. The second-order valence-electron chi connectivity index (χ2n) is 5.74. The predicted octanol–water partition coefficient (Wildman–Crippen LogP) is 1.66. The van der Waals surface area contributed by atoms with Crippen molar-refractivity contribution in [3.63, 3.8) is 0 Å². The summed E-state index contributed by atoms with van der Waals surface area (Å²) in [5.74, 6) is -0.541. The van der Waals surface area contributed by atoms with E-state index >= 15 is 0 Å². The number of nitrogen functional groups attached to an aromatic ring is 1. The number of nitrogens with two attached hydrogens (primary N) is 3. The topological polar surface area (TPSA) is 154 Å². The predicted molar refractivity (Wildman–Crippen MR) is 103 cm³/mol. The summed E-state index contributed by atoms with van der Waals surface area (Å²) in [5.41, 5.74) is 19.5. The van der Waals surface area contributed by atoms with Gasteiger partial charge in [0.1, 0.15) is 12.1 Å². The van der Waals surface area contributed by atoms with Gasteiger partial charge in [-0.1, -0.05) is 12.1 Å². The molecule has 3 amide bonds. The number of amides is 3. The van der Waals surface area contributed by atoms with E-state index in [1.54, 1.807) is 36.4 Å². The summed E-state index contributed by atoms with van der Waals surface area (Å²) >= 11 is 0. The van der Waals surface area contributed by atoms with E-state index in [0.29, 0.717) is 23.6 Å². The third-order valence-electron chi connectivity index (χ3n) is 3.86. The monoisotopic (exact) mass is 365 g/mol. The number of nitrogens with one attached hydrogen (secondary N) is 2. The largest absolute Gasteiger partial charge is 0.383 e. The first-order chi connectivity index (χ1) is 13.0. The number of imidazole rings is 1. The Morgan fingerprint density at radius 2 is 1.74 bits per heavy atom. The molecule has 0 aliphatic heterocycles. The van der Waals surface area contributed by atoms with Crippen molar-refractivity contribution in [3.05, 3.63) is 66.1 Å². The Labute approximate surface area is 155 Å². The Hall–Kier alpha value is -3.85. The van der Waals surface area contributed by atoms with Crippen LogP contribution in [0.15, 0.2) is 54.9 Å². The van der Waals surface area contributed by atoms with Crippen LogP contribution in [-0.2, 0) is 6.54 Å². The van der Waals surface area contributed by atoms with Crippen LogP contribution >= 0.6 is 0 Å². The first-order valence-corrected chi connectivity index (χ1v) is 8.08. The molecule has 8 N–H and O–H groups in total. The van der Waals surface area contributed by atoms with Crippen molar-refractivity contribution < 1.29 is 9.59 Å². The van der Waals surface area contributed by atoms with Crippen molar-refractivity contribution in [1.82, 2.24) is 9.55 Å². The Kier molecular flexibility index (Phi) is 5.04. The first kappa shape index (κ1) is 18.0. The molecule has 27 heavy (non-hydrogen) atoms. The van der Waals surface area contributed by atoms with E-state index in [0.717, 1.165) is 5.56 Å². The highest BCUT2D eigenvalue weighted by atomic mass is 16.2. The van der Waals surface area contributed by atoms with Crippen LogP contribution in [0.3, 0.4) is 0 Å². The van der Waals surface area contributed by atoms with E-state index in [2.05, 4.69) is 15.6 Å². The average molecular weight is 365 g/mol. The van der Waals surface area contributed by atoms with Crippen molar-refractivity contribution in [2.24, 2.45) is 11.5 Å². The molecule has 0 aliphatic rings. The van der Waals surface area contributed by atoms with Gasteiger partial charge in [-0.3, -0.25) is 9.36 Å². The van der Waals surface area contributed by atoms with E-state index in [1.165, 1.54) is 10.9 Å². The van der Waals surface area contributed by atoms with Crippen molar-refractivity contribution in [2.45, 2.75) is 6.54 Å². The van der Waals surface area contributed by atoms with Gasteiger partial charge in [0.05, 0.1) is 0 Å². The number of nitrogens with zero attached hydrogens (tertiary/aromatic N) is 2. The van der Waals surface area contributed by atoms with Crippen LogP contribution in [0.5, 0.6) is 0 Å². The molecule has 9 nitrogen and oxygen atoms in total. The van der Waals surface area contributed by atoms with Gasteiger partial charge < -0.3 is 27.8 Å². The molecule has 0 saturated heterocycles. The van der Waals surface area contributed by atoms with Crippen molar-refractivity contribution in [2.75, 3.05) is 16.4 Å². The zero-order valence-corrected chi connectivity index (χ0v) is 14.3. The number of hydrogen-bond acceptors (Lipinski definition) is 5. The molecule has 3 rings (SSSR count). The highest BCUT2D eigenvalue weighted by molar-refractivity contribution is 5.99. The fourth-order valence-corrected chi connectivity index (χ4v) is 2.53. The van der Waals surface area contributed by atoms with Crippen LogP contribution in [0, 0.1) is 0 Å². The van der Waals surface area contributed by atoms with Gasteiger partial charge >= 0.3 is 6.03 Å². The van der Waals surface area contributed by atoms with Crippen molar-refractivity contribution in [3.8, 4) is 5.69 Å². The quantitative estimate of drug-likeness (QED) is 0.465. The van der Waals surface area contributed by atoms with E-state index in [9.17, 15) is 9.59 Å². The fourth-order valence-electron chi connectivity index (χ4n) is 2.53. The molecule has 0 atom stereocenters. The minimum atomic E-state index is -0.695. The van der Waals surface area contributed by atoms with Crippen LogP contribution in [0.2, 0.25) is 0 Å². The second-order valence-corrected chi connectivity index (χ2v) is 5.74. The Morgan fingerprint density at radius 3 is 2.37 bits per heavy atom. The van der Waals surface area contributed by atoms with Crippen LogP contribution in [0.25, 0.3) is 5.69 Å². The molecule has 0 fully saturated rings. The van der Waals surface area contributed by atoms with Crippen LogP contribution in [-0.4, -0.2) is 21.5 Å². The molecule has 1 aromatic heterocycles. The number of benzene rings is 2. The van der Waals surface area contributed by atoms with Crippen molar-refractivity contribution >= 4 is 29.1 Å². The van der Waals surface area contributed by atoms with E-state index in [-0.39, 0.29) is 17.5 Å². The maximum absolute atomic E-state index is 12.1. The van der Waals surface area contributed by atoms with Crippen molar-refractivity contribution in [1.29, 1.82) is 0 Å². The fraction of sp³-hybridized carbons (Fsp3) is 0.0556. The molecule has 1 heterocycles. The highest BCUT2D eigenvalue weighted by Crippen LogP contribution is 2.19. The molecule has 3 aromatic rings. The SMILES string of the molecule is NCc1cccc(NC(=O)Nc2ccc(-n3cnc(C(N)=O)c3N)cc2)c1. The first-order valence-electron chi connectivity index (χ1n) is 8.08. The van der Waals surface area contributed by atoms with Gasteiger partial charge in [0.25, 0.3) is 5.91 Å². The third-order valence-corrected chi connectivity index (χ3v) is 3.86. The number of anilines is 3. The third kappa shape index (κ3) is 4.05.